The average molecular weight is 462 g/mol. The van der Waals surface area contributed by atoms with Gasteiger partial charge in [0.1, 0.15) is 5.75 Å². The number of rotatable bonds is 8. The van der Waals surface area contributed by atoms with E-state index in [1.807, 2.05) is 37.3 Å². The first-order valence-corrected chi connectivity index (χ1v) is 11.7. The van der Waals surface area contributed by atoms with Crippen molar-refractivity contribution in [2.45, 2.75) is 26.3 Å². The fourth-order valence-electron chi connectivity index (χ4n) is 4.87. The van der Waals surface area contributed by atoms with Gasteiger partial charge >= 0.3 is 5.97 Å². The SMILES string of the molecule is CCc1c(-c2ccc(N3CCC(CN(C)Cc4ccccc4)C3)cc2)[nH]c(=O)c(C(=O)O)c1O. The summed E-state index contributed by atoms with van der Waals surface area (Å²) in [5, 5.41) is 19.6. The van der Waals surface area contributed by atoms with Gasteiger partial charge in [-0.15, -0.1) is 0 Å². The van der Waals surface area contributed by atoms with Gasteiger partial charge in [0, 0.05) is 37.4 Å². The molecule has 1 aliphatic heterocycles. The van der Waals surface area contributed by atoms with Crippen LogP contribution in [0.4, 0.5) is 5.69 Å². The molecule has 7 nitrogen and oxygen atoms in total. The second kappa shape index (κ2) is 10.1. The van der Waals surface area contributed by atoms with E-state index in [4.69, 9.17) is 0 Å². The standard InChI is InChI=1S/C27H31N3O4/c1-3-22-24(28-26(32)23(25(22)31)27(33)34)20-9-11-21(12-10-20)30-14-13-19(17-30)16-29(2)15-18-7-5-4-6-8-18/h4-12,19H,3,13-17H2,1-2H3,(H,33,34)(H2,28,31,32). The van der Waals surface area contributed by atoms with Crippen molar-refractivity contribution in [3.8, 4) is 17.0 Å². The summed E-state index contributed by atoms with van der Waals surface area (Å²) < 4.78 is 0. The molecule has 1 unspecified atom stereocenters. The number of carboxylic acid groups (broad SMARTS) is 1. The number of aromatic amines is 1. The Morgan fingerprint density at radius 3 is 2.50 bits per heavy atom. The number of aromatic nitrogens is 1. The Balaban J connectivity index is 1.44. The number of hydrogen-bond donors (Lipinski definition) is 3. The Morgan fingerprint density at radius 2 is 1.85 bits per heavy atom. The van der Waals surface area contributed by atoms with Crippen molar-refractivity contribution < 1.29 is 15.0 Å². The molecule has 2 heterocycles. The van der Waals surface area contributed by atoms with Crippen LogP contribution in [0, 0.1) is 5.92 Å². The summed E-state index contributed by atoms with van der Waals surface area (Å²) in [6, 6.07) is 18.4. The Bertz CT molecular complexity index is 1210. The van der Waals surface area contributed by atoms with Crippen LogP contribution in [-0.4, -0.2) is 52.7 Å². The highest BCUT2D eigenvalue weighted by Crippen LogP contribution is 2.32. The van der Waals surface area contributed by atoms with Gasteiger partial charge in [0.15, 0.2) is 5.56 Å². The lowest BCUT2D eigenvalue weighted by Crippen LogP contribution is -2.28. The third-order valence-electron chi connectivity index (χ3n) is 6.53. The van der Waals surface area contributed by atoms with Crippen LogP contribution in [0.25, 0.3) is 11.3 Å². The number of benzene rings is 2. The summed E-state index contributed by atoms with van der Waals surface area (Å²) in [4.78, 5) is 31.0. The zero-order valence-corrected chi connectivity index (χ0v) is 19.6. The lowest BCUT2D eigenvalue weighted by atomic mass is 10.0. The molecule has 0 radical (unpaired) electrons. The van der Waals surface area contributed by atoms with Crippen LogP contribution in [0.15, 0.2) is 59.4 Å². The number of pyridine rings is 1. The number of aromatic carboxylic acids is 1. The summed E-state index contributed by atoms with van der Waals surface area (Å²) in [5.41, 5.74) is 2.64. The van der Waals surface area contributed by atoms with Crippen molar-refractivity contribution >= 4 is 11.7 Å². The zero-order valence-electron chi connectivity index (χ0n) is 19.6. The van der Waals surface area contributed by atoms with Crippen molar-refractivity contribution in [3.05, 3.63) is 81.6 Å². The van der Waals surface area contributed by atoms with E-state index in [0.29, 0.717) is 23.6 Å². The molecule has 3 N–H and O–H groups in total. The van der Waals surface area contributed by atoms with E-state index in [1.54, 1.807) is 0 Å². The van der Waals surface area contributed by atoms with Gasteiger partial charge in [0.25, 0.3) is 5.56 Å². The number of nitrogens with one attached hydrogen (secondary N) is 1. The Kier molecular flexibility index (Phi) is 7.03. The molecule has 3 aromatic rings. The third kappa shape index (κ3) is 4.99. The summed E-state index contributed by atoms with van der Waals surface area (Å²) >= 11 is 0. The first kappa shape index (κ1) is 23.6. The van der Waals surface area contributed by atoms with Gasteiger partial charge in [-0.05, 0) is 49.1 Å². The molecule has 1 aromatic heterocycles. The minimum atomic E-state index is -1.44. The molecule has 7 heteroatoms. The highest BCUT2D eigenvalue weighted by molar-refractivity contribution is 5.92. The number of aromatic hydroxyl groups is 1. The monoisotopic (exact) mass is 461 g/mol. The smallest absolute Gasteiger partial charge is 0.345 e. The second-order valence-corrected chi connectivity index (χ2v) is 9.02. The number of anilines is 1. The molecule has 1 atom stereocenters. The van der Waals surface area contributed by atoms with E-state index in [2.05, 4.69) is 46.1 Å². The molecule has 0 saturated carbocycles. The Morgan fingerprint density at radius 1 is 1.15 bits per heavy atom. The largest absolute Gasteiger partial charge is 0.506 e. The molecule has 178 valence electrons. The lowest BCUT2D eigenvalue weighted by Gasteiger charge is -2.23. The van der Waals surface area contributed by atoms with Gasteiger partial charge in [0.05, 0.1) is 5.69 Å². The first-order valence-electron chi connectivity index (χ1n) is 11.7. The van der Waals surface area contributed by atoms with E-state index >= 15 is 0 Å². The van der Waals surface area contributed by atoms with Crippen molar-refractivity contribution in [2.24, 2.45) is 5.92 Å². The van der Waals surface area contributed by atoms with Gasteiger partial charge in [-0.1, -0.05) is 49.4 Å². The molecule has 1 fully saturated rings. The number of carboxylic acids is 1. The minimum Gasteiger partial charge on any atom is -0.506 e. The predicted octanol–water partition coefficient (Wildman–Crippen LogP) is 3.97. The number of hydrogen-bond acceptors (Lipinski definition) is 5. The molecule has 1 saturated heterocycles. The quantitative estimate of drug-likeness (QED) is 0.470. The van der Waals surface area contributed by atoms with Crippen LogP contribution in [0.3, 0.4) is 0 Å². The maximum absolute atomic E-state index is 12.3. The van der Waals surface area contributed by atoms with Crippen LogP contribution in [0.5, 0.6) is 5.75 Å². The molecule has 0 bridgehead atoms. The fourth-order valence-corrected chi connectivity index (χ4v) is 4.87. The van der Waals surface area contributed by atoms with Crippen molar-refractivity contribution in [2.75, 3.05) is 31.6 Å². The Hall–Kier alpha value is -3.58. The summed E-state index contributed by atoms with van der Waals surface area (Å²) in [6.07, 6.45) is 1.53. The highest BCUT2D eigenvalue weighted by atomic mass is 16.4. The third-order valence-corrected chi connectivity index (χ3v) is 6.53. The zero-order chi connectivity index (χ0) is 24.2. The highest BCUT2D eigenvalue weighted by Gasteiger charge is 2.25. The average Bonchev–Trinajstić information content (AvgIpc) is 3.27. The molecule has 0 aliphatic carbocycles. The van der Waals surface area contributed by atoms with Gasteiger partial charge in [-0.3, -0.25) is 4.79 Å². The molecule has 2 aromatic carbocycles. The minimum absolute atomic E-state index is 0.393. The fraction of sp³-hybridized carbons (Fsp3) is 0.333. The van der Waals surface area contributed by atoms with Gasteiger partial charge in [-0.25, -0.2) is 4.79 Å². The Labute approximate surface area is 199 Å². The van der Waals surface area contributed by atoms with Crippen molar-refractivity contribution in [3.63, 3.8) is 0 Å². The van der Waals surface area contributed by atoms with E-state index in [1.165, 1.54) is 5.56 Å². The molecule has 0 spiro atoms. The van der Waals surface area contributed by atoms with Crippen molar-refractivity contribution in [1.82, 2.24) is 9.88 Å². The van der Waals surface area contributed by atoms with Gasteiger partial charge < -0.3 is 25.0 Å². The van der Waals surface area contributed by atoms with E-state index < -0.39 is 22.8 Å². The lowest BCUT2D eigenvalue weighted by molar-refractivity contribution is 0.0691. The maximum Gasteiger partial charge on any atom is 0.345 e. The normalized spacial score (nSPS) is 15.7. The number of H-pyrrole nitrogens is 1. The molecule has 0 amide bonds. The molecule has 34 heavy (non-hydrogen) atoms. The summed E-state index contributed by atoms with van der Waals surface area (Å²) in [7, 11) is 2.17. The summed E-state index contributed by atoms with van der Waals surface area (Å²) in [5.74, 6) is -1.30. The van der Waals surface area contributed by atoms with E-state index in [-0.39, 0.29) is 0 Å². The van der Waals surface area contributed by atoms with Crippen LogP contribution in [0.2, 0.25) is 0 Å². The molecule has 4 rings (SSSR count). The molecular formula is C27H31N3O4. The summed E-state index contributed by atoms with van der Waals surface area (Å²) in [6.45, 7) is 5.78. The van der Waals surface area contributed by atoms with Crippen LogP contribution >= 0.6 is 0 Å². The van der Waals surface area contributed by atoms with E-state index in [9.17, 15) is 19.8 Å². The number of carbonyl (C=O) groups is 1. The van der Waals surface area contributed by atoms with Crippen molar-refractivity contribution in [1.29, 1.82) is 0 Å². The van der Waals surface area contributed by atoms with Gasteiger partial charge in [0.2, 0.25) is 0 Å². The molecular weight excluding hydrogens is 430 g/mol. The van der Waals surface area contributed by atoms with Crippen LogP contribution < -0.4 is 10.5 Å². The maximum atomic E-state index is 12.3. The first-order chi connectivity index (χ1) is 16.4. The second-order valence-electron chi connectivity index (χ2n) is 9.02. The predicted molar refractivity (Wildman–Crippen MR) is 134 cm³/mol. The molecule has 1 aliphatic rings. The van der Waals surface area contributed by atoms with Crippen LogP contribution in [-0.2, 0) is 13.0 Å². The van der Waals surface area contributed by atoms with Crippen LogP contribution in [0.1, 0.15) is 34.8 Å². The topological polar surface area (TPSA) is 96.9 Å². The van der Waals surface area contributed by atoms with Gasteiger partial charge in [-0.2, -0.15) is 0 Å². The number of nitrogens with zero attached hydrogens (tertiary/aromatic N) is 2. The van der Waals surface area contributed by atoms with E-state index in [0.717, 1.165) is 43.9 Å².